The van der Waals surface area contributed by atoms with Crippen LogP contribution in [-0.4, -0.2) is 32.3 Å². The lowest BCUT2D eigenvalue weighted by Gasteiger charge is -2.11. The number of hydrogen-bond donors (Lipinski definition) is 2. The molecule has 0 fully saturated rings. The minimum Gasteiger partial charge on any atom is -0.494 e. The maximum atomic E-state index is 11.6. The molecule has 1 rings (SSSR count). The average Bonchev–Trinajstić information content (AvgIpc) is 2.37. The van der Waals surface area contributed by atoms with Crippen molar-refractivity contribution in [1.82, 2.24) is 5.32 Å². The highest BCUT2D eigenvalue weighted by Crippen LogP contribution is 2.12. The maximum absolute atomic E-state index is 11.6. The van der Waals surface area contributed by atoms with Crippen LogP contribution in [0.15, 0.2) is 24.3 Å². The molecule has 0 spiro atoms. The first kappa shape index (κ1) is 14.5. The molecule has 0 saturated heterocycles. The van der Waals surface area contributed by atoms with Crippen LogP contribution in [0.4, 0.5) is 0 Å². The Hall–Kier alpha value is -1.59. The highest BCUT2D eigenvalue weighted by molar-refractivity contribution is 5.81. The van der Waals surface area contributed by atoms with E-state index in [1.807, 2.05) is 31.2 Å². The van der Waals surface area contributed by atoms with Crippen LogP contribution in [0.25, 0.3) is 0 Å². The molecule has 5 heteroatoms. The summed E-state index contributed by atoms with van der Waals surface area (Å²) in [5.74, 6) is 0.573. The Balaban J connectivity index is 2.47. The molecule has 1 aromatic carbocycles. The molecule has 0 saturated carbocycles. The SMILES string of the molecule is CCOc1cccc(CNC(=O)C(N)COC)c1. The average molecular weight is 252 g/mol. The van der Waals surface area contributed by atoms with E-state index in [9.17, 15) is 4.79 Å². The van der Waals surface area contributed by atoms with Gasteiger partial charge in [-0.25, -0.2) is 0 Å². The molecule has 1 aromatic rings. The number of hydrogen-bond acceptors (Lipinski definition) is 4. The summed E-state index contributed by atoms with van der Waals surface area (Å²) in [5.41, 5.74) is 6.58. The molecule has 0 heterocycles. The number of carbonyl (C=O) groups is 1. The highest BCUT2D eigenvalue weighted by atomic mass is 16.5. The van der Waals surface area contributed by atoms with Crippen molar-refractivity contribution in [3.8, 4) is 5.75 Å². The van der Waals surface area contributed by atoms with E-state index in [-0.39, 0.29) is 12.5 Å². The van der Waals surface area contributed by atoms with Gasteiger partial charge in [0.15, 0.2) is 0 Å². The third-order valence-electron chi connectivity index (χ3n) is 2.36. The lowest BCUT2D eigenvalue weighted by molar-refractivity contribution is -0.123. The first-order valence-electron chi connectivity index (χ1n) is 5.91. The van der Waals surface area contributed by atoms with Crippen molar-refractivity contribution in [3.63, 3.8) is 0 Å². The first-order valence-corrected chi connectivity index (χ1v) is 5.91. The highest BCUT2D eigenvalue weighted by Gasteiger charge is 2.12. The molecule has 3 N–H and O–H groups in total. The molecule has 0 aliphatic carbocycles. The monoisotopic (exact) mass is 252 g/mol. The van der Waals surface area contributed by atoms with Crippen LogP contribution in [0.3, 0.4) is 0 Å². The number of methoxy groups -OCH3 is 1. The fourth-order valence-electron chi connectivity index (χ4n) is 1.49. The Morgan fingerprint density at radius 2 is 2.28 bits per heavy atom. The van der Waals surface area contributed by atoms with Gasteiger partial charge in [0, 0.05) is 13.7 Å². The first-order chi connectivity index (χ1) is 8.67. The molecule has 1 atom stereocenters. The molecular weight excluding hydrogens is 232 g/mol. The molecule has 0 aliphatic heterocycles. The Kier molecular flexibility index (Phi) is 6.18. The summed E-state index contributed by atoms with van der Waals surface area (Å²) in [5, 5.41) is 2.75. The third kappa shape index (κ3) is 4.73. The van der Waals surface area contributed by atoms with Crippen molar-refractivity contribution in [3.05, 3.63) is 29.8 Å². The number of carbonyl (C=O) groups excluding carboxylic acids is 1. The third-order valence-corrected chi connectivity index (χ3v) is 2.36. The minimum absolute atomic E-state index is 0.213. The number of nitrogens with two attached hydrogens (primary N) is 1. The van der Waals surface area contributed by atoms with Crippen LogP contribution in [0.1, 0.15) is 12.5 Å². The Morgan fingerprint density at radius 1 is 1.50 bits per heavy atom. The van der Waals surface area contributed by atoms with Crippen LogP contribution in [0, 0.1) is 0 Å². The van der Waals surface area contributed by atoms with Gasteiger partial charge in [0.2, 0.25) is 5.91 Å². The predicted octanol–water partition coefficient (Wildman–Crippen LogP) is 0.675. The molecule has 1 amide bonds. The molecule has 5 nitrogen and oxygen atoms in total. The normalized spacial score (nSPS) is 11.9. The van der Waals surface area contributed by atoms with Gasteiger partial charge in [-0.15, -0.1) is 0 Å². The number of rotatable bonds is 7. The Morgan fingerprint density at radius 3 is 2.94 bits per heavy atom. The molecule has 0 bridgehead atoms. The van der Waals surface area contributed by atoms with Gasteiger partial charge in [-0.1, -0.05) is 12.1 Å². The van der Waals surface area contributed by atoms with Gasteiger partial charge >= 0.3 is 0 Å². The number of benzene rings is 1. The summed E-state index contributed by atoms with van der Waals surface area (Å²) in [6.45, 7) is 3.19. The van der Waals surface area contributed by atoms with E-state index in [4.69, 9.17) is 15.2 Å². The molecule has 0 aromatic heterocycles. The fraction of sp³-hybridized carbons (Fsp3) is 0.462. The zero-order valence-electron chi connectivity index (χ0n) is 10.8. The fourth-order valence-corrected chi connectivity index (χ4v) is 1.49. The standard InChI is InChI=1S/C13H20N2O3/c1-3-18-11-6-4-5-10(7-11)8-15-13(16)12(14)9-17-2/h4-7,12H,3,8-9,14H2,1-2H3,(H,15,16). The van der Waals surface area contributed by atoms with E-state index < -0.39 is 6.04 Å². The van der Waals surface area contributed by atoms with Gasteiger partial charge in [-0.2, -0.15) is 0 Å². The molecule has 1 unspecified atom stereocenters. The van der Waals surface area contributed by atoms with Gasteiger partial charge in [-0.3, -0.25) is 4.79 Å². The largest absolute Gasteiger partial charge is 0.494 e. The second-order valence-electron chi connectivity index (χ2n) is 3.86. The second-order valence-corrected chi connectivity index (χ2v) is 3.86. The number of amides is 1. The van der Waals surface area contributed by atoms with E-state index in [0.29, 0.717) is 13.2 Å². The quantitative estimate of drug-likeness (QED) is 0.748. The second kappa shape index (κ2) is 7.68. The van der Waals surface area contributed by atoms with Crippen molar-refractivity contribution >= 4 is 5.91 Å². The van der Waals surface area contributed by atoms with Crippen molar-refractivity contribution < 1.29 is 14.3 Å². The van der Waals surface area contributed by atoms with Crippen LogP contribution in [0.2, 0.25) is 0 Å². The number of nitrogens with one attached hydrogen (secondary N) is 1. The molecule has 18 heavy (non-hydrogen) atoms. The topological polar surface area (TPSA) is 73.6 Å². The summed E-state index contributed by atoms with van der Waals surface area (Å²) < 4.78 is 10.2. The zero-order valence-corrected chi connectivity index (χ0v) is 10.8. The van der Waals surface area contributed by atoms with Gasteiger partial charge in [0.25, 0.3) is 0 Å². The summed E-state index contributed by atoms with van der Waals surface area (Å²) in [6.07, 6.45) is 0. The smallest absolute Gasteiger partial charge is 0.239 e. The van der Waals surface area contributed by atoms with Crippen LogP contribution >= 0.6 is 0 Å². The van der Waals surface area contributed by atoms with E-state index >= 15 is 0 Å². The summed E-state index contributed by atoms with van der Waals surface area (Å²) in [6, 6.07) is 6.95. The molecule has 0 aliphatic rings. The van der Waals surface area contributed by atoms with Gasteiger partial charge in [-0.05, 0) is 24.6 Å². The van der Waals surface area contributed by atoms with Crippen LogP contribution in [-0.2, 0) is 16.1 Å². The van der Waals surface area contributed by atoms with E-state index in [1.54, 1.807) is 0 Å². The summed E-state index contributed by atoms with van der Waals surface area (Å²) in [4.78, 5) is 11.6. The predicted molar refractivity (Wildman–Crippen MR) is 69.3 cm³/mol. The van der Waals surface area contributed by atoms with Crippen molar-refractivity contribution in [1.29, 1.82) is 0 Å². The van der Waals surface area contributed by atoms with E-state index in [2.05, 4.69) is 5.32 Å². The van der Waals surface area contributed by atoms with Gasteiger partial charge in [0.1, 0.15) is 11.8 Å². The Labute approximate surface area is 107 Å². The summed E-state index contributed by atoms with van der Waals surface area (Å²) >= 11 is 0. The number of ether oxygens (including phenoxy) is 2. The van der Waals surface area contributed by atoms with Crippen LogP contribution in [0.5, 0.6) is 5.75 Å². The van der Waals surface area contributed by atoms with E-state index in [0.717, 1.165) is 11.3 Å². The molecule has 100 valence electrons. The molecule has 0 radical (unpaired) electrons. The lowest BCUT2D eigenvalue weighted by atomic mass is 10.2. The van der Waals surface area contributed by atoms with E-state index in [1.165, 1.54) is 7.11 Å². The summed E-state index contributed by atoms with van der Waals surface area (Å²) in [7, 11) is 1.51. The minimum atomic E-state index is -0.634. The van der Waals surface area contributed by atoms with Gasteiger partial charge < -0.3 is 20.5 Å². The maximum Gasteiger partial charge on any atom is 0.239 e. The zero-order chi connectivity index (χ0) is 13.4. The van der Waals surface area contributed by atoms with Crippen molar-refractivity contribution in [2.75, 3.05) is 20.3 Å². The van der Waals surface area contributed by atoms with Crippen LogP contribution < -0.4 is 15.8 Å². The molecular formula is C13H20N2O3. The van der Waals surface area contributed by atoms with Crippen molar-refractivity contribution in [2.45, 2.75) is 19.5 Å². The lowest BCUT2D eigenvalue weighted by Crippen LogP contribution is -2.43. The Bertz CT molecular complexity index is 382. The van der Waals surface area contributed by atoms with Gasteiger partial charge in [0.05, 0.1) is 13.2 Å². The van der Waals surface area contributed by atoms with Crippen molar-refractivity contribution in [2.24, 2.45) is 5.73 Å².